The first-order valence-electron chi connectivity index (χ1n) is 10.3. The molecule has 4 rings (SSSR count). The van der Waals surface area contributed by atoms with Gasteiger partial charge < -0.3 is 24.6 Å². The standard InChI is InChI=1S/C22H31ClO6/c1-22-8-7-13-11(15(22)9-16(24)21(22)25)5-6-12-14(10-23)18(29-28-4)20(27-3)19(26-2)17(12)13/h11,13,15-16,21,24-25H,5-10H2,1-4H3/t11-,13+,15+,16-,21+,22+/m1/s1. The highest BCUT2D eigenvalue weighted by atomic mass is 35.5. The Kier molecular flexibility index (Phi) is 5.66. The van der Waals surface area contributed by atoms with E-state index < -0.39 is 12.2 Å². The van der Waals surface area contributed by atoms with Crippen molar-refractivity contribution in [3.8, 4) is 17.2 Å². The molecule has 0 amide bonds. The Hall–Kier alpha value is -1.21. The zero-order valence-electron chi connectivity index (χ0n) is 17.5. The van der Waals surface area contributed by atoms with Gasteiger partial charge in [-0.15, -0.1) is 11.6 Å². The minimum Gasteiger partial charge on any atom is -0.492 e. The molecule has 0 aromatic heterocycles. The molecule has 0 saturated heterocycles. The second-order valence-electron chi connectivity index (χ2n) is 8.86. The van der Waals surface area contributed by atoms with Gasteiger partial charge in [0.25, 0.3) is 0 Å². The van der Waals surface area contributed by atoms with E-state index in [1.165, 1.54) is 7.11 Å². The van der Waals surface area contributed by atoms with Crippen LogP contribution in [-0.2, 0) is 17.2 Å². The van der Waals surface area contributed by atoms with Gasteiger partial charge in [-0.1, -0.05) is 6.92 Å². The van der Waals surface area contributed by atoms with Crippen molar-refractivity contribution >= 4 is 11.6 Å². The van der Waals surface area contributed by atoms with Crippen molar-refractivity contribution in [2.24, 2.45) is 17.3 Å². The minimum atomic E-state index is -0.651. The number of halogens is 1. The van der Waals surface area contributed by atoms with Crippen LogP contribution in [0.2, 0.25) is 0 Å². The summed E-state index contributed by atoms with van der Waals surface area (Å²) in [6, 6.07) is 0. The second-order valence-corrected chi connectivity index (χ2v) is 9.13. The molecule has 6 nitrogen and oxygen atoms in total. The lowest BCUT2D eigenvalue weighted by atomic mass is 9.55. The summed E-state index contributed by atoms with van der Waals surface area (Å²) in [6.07, 6.45) is 3.00. The first kappa shape index (κ1) is 21.0. The molecule has 7 heteroatoms. The number of fused-ring (bicyclic) bond motifs is 5. The number of aliphatic hydroxyl groups is 2. The van der Waals surface area contributed by atoms with Gasteiger partial charge in [0.15, 0.2) is 5.75 Å². The average Bonchev–Trinajstić information content (AvgIpc) is 2.96. The van der Waals surface area contributed by atoms with E-state index in [-0.39, 0.29) is 23.1 Å². The van der Waals surface area contributed by atoms with Crippen LogP contribution in [0.3, 0.4) is 0 Å². The van der Waals surface area contributed by atoms with E-state index >= 15 is 0 Å². The van der Waals surface area contributed by atoms with E-state index in [0.29, 0.717) is 29.6 Å². The van der Waals surface area contributed by atoms with E-state index in [4.69, 9.17) is 30.8 Å². The van der Waals surface area contributed by atoms with Gasteiger partial charge in [0, 0.05) is 11.1 Å². The fourth-order valence-corrected chi connectivity index (χ4v) is 6.81. The van der Waals surface area contributed by atoms with E-state index in [1.807, 2.05) is 0 Å². The Balaban J connectivity index is 1.85. The second kappa shape index (κ2) is 7.80. The quantitative estimate of drug-likeness (QED) is 0.426. The molecule has 0 heterocycles. The molecule has 0 bridgehead atoms. The normalized spacial score (nSPS) is 35.5. The summed E-state index contributed by atoms with van der Waals surface area (Å²) in [4.78, 5) is 10.4. The first-order chi connectivity index (χ1) is 13.9. The third kappa shape index (κ3) is 2.94. The average molecular weight is 427 g/mol. The number of hydrogen-bond donors (Lipinski definition) is 2. The van der Waals surface area contributed by atoms with Crippen LogP contribution >= 0.6 is 11.6 Å². The minimum absolute atomic E-state index is 0.232. The van der Waals surface area contributed by atoms with Crippen LogP contribution in [0.15, 0.2) is 0 Å². The van der Waals surface area contributed by atoms with Gasteiger partial charge in [-0.25, -0.2) is 0 Å². The maximum atomic E-state index is 10.7. The van der Waals surface area contributed by atoms with E-state index in [9.17, 15) is 10.2 Å². The lowest BCUT2D eigenvalue weighted by molar-refractivity contribution is -0.179. The Bertz CT molecular complexity index is 758. The number of aliphatic hydroxyl groups excluding tert-OH is 2. The fourth-order valence-electron chi connectivity index (χ4n) is 6.52. The molecular weight excluding hydrogens is 396 g/mol. The van der Waals surface area contributed by atoms with Crippen LogP contribution < -0.4 is 14.4 Å². The van der Waals surface area contributed by atoms with Gasteiger partial charge in [0.05, 0.1) is 39.4 Å². The largest absolute Gasteiger partial charge is 0.492 e. The fraction of sp³-hybridized carbons (Fsp3) is 0.727. The Morgan fingerprint density at radius 1 is 1.07 bits per heavy atom. The first-order valence-corrected chi connectivity index (χ1v) is 10.9. The summed E-state index contributed by atoms with van der Waals surface area (Å²) in [7, 11) is 4.69. The molecule has 162 valence electrons. The molecule has 0 aliphatic heterocycles. The Labute approximate surface area is 177 Å². The van der Waals surface area contributed by atoms with Gasteiger partial charge in [0.2, 0.25) is 11.5 Å². The molecule has 2 N–H and O–H groups in total. The van der Waals surface area contributed by atoms with Crippen molar-refractivity contribution in [2.45, 2.75) is 63.0 Å². The molecule has 3 aliphatic rings. The maximum Gasteiger partial charge on any atom is 0.215 e. The third-order valence-electron chi connectivity index (χ3n) is 7.84. The maximum absolute atomic E-state index is 10.7. The van der Waals surface area contributed by atoms with Gasteiger partial charge >= 0.3 is 0 Å². The van der Waals surface area contributed by atoms with Crippen LogP contribution in [0.4, 0.5) is 0 Å². The van der Waals surface area contributed by atoms with Crippen LogP contribution in [-0.4, -0.2) is 43.8 Å². The summed E-state index contributed by atoms with van der Waals surface area (Å²) in [6.45, 7) is 2.14. The predicted molar refractivity (Wildman–Crippen MR) is 109 cm³/mol. The summed E-state index contributed by atoms with van der Waals surface area (Å²) < 4.78 is 11.5. The Morgan fingerprint density at radius 3 is 2.41 bits per heavy atom. The van der Waals surface area contributed by atoms with Crippen molar-refractivity contribution < 1.29 is 29.5 Å². The van der Waals surface area contributed by atoms with Crippen molar-refractivity contribution in [1.29, 1.82) is 0 Å². The summed E-state index contributed by atoms with van der Waals surface area (Å²) in [5.74, 6) is 2.89. The van der Waals surface area contributed by atoms with E-state index in [2.05, 4.69) is 6.92 Å². The molecule has 0 spiro atoms. The zero-order valence-corrected chi connectivity index (χ0v) is 18.3. The monoisotopic (exact) mass is 426 g/mol. The molecule has 3 aliphatic carbocycles. The SMILES string of the molecule is COOc1c(CCl)c2c(c(OC)c1OC)[C@H]1CC[C@]3(C)[C@@H](O)[C@H](O)C[C@H]3[C@@H]1CC2. The molecule has 0 unspecified atom stereocenters. The summed E-state index contributed by atoms with van der Waals surface area (Å²) in [5.41, 5.74) is 2.97. The van der Waals surface area contributed by atoms with Crippen molar-refractivity contribution in [1.82, 2.24) is 0 Å². The predicted octanol–water partition coefficient (Wildman–Crippen LogP) is 3.57. The number of benzene rings is 1. The highest BCUT2D eigenvalue weighted by molar-refractivity contribution is 6.17. The highest BCUT2D eigenvalue weighted by Crippen LogP contribution is 2.63. The lowest BCUT2D eigenvalue weighted by Gasteiger charge is -2.50. The summed E-state index contributed by atoms with van der Waals surface area (Å²) in [5, 5.41) is 21.1. The van der Waals surface area contributed by atoms with E-state index in [0.717, 1.165) is 42.4 Å². The molecule has 2 fully saturated rings. The number of ether oxygens (including phenoxy) is 2. The van der Waals surface area contributed by atoms with Crippen LogP contribution in [0, 0.1) is 17.3 Å². The van der Waals surface area contributed by atoms with Crippen molar-refractivity contribution in [3.05, 3.63) is 16.7 Å². The molecule has 0 radical (unpaired) electrons. The molecule has 2 saturated carbocycles. The Morgan fingerprint density at radius 2 is 1.79 bits per heavy atom. The molecule has 1 aromatic carbocycles. The topological polar surface area (TPSA) is 77.4 Å². The molecule has 1 aromatic rings. The highest BCUT2D eigenvalue weighted by Gasteiger charge is 2.58. The zero-order chi connectivity index (χ0) is 20.9. The third-order valence-corrected chi connectivity index (χ3v) is 8.11. The molecule has 6 atom stereocenters. The van der Waals surface area contributed by atoms with Crippen molar-refractivity contribution in [2.75, 3.05) is 21.3 Å². The van der Waals surface area contributed by atoms with Crippen LogP contribution in [0.5, 0.6) is 17.2 Å². The molecule has 29 heavy (non-hydrogen) atoms. The van der Waals surface area contributed by atoms with Crippen LogP contribution in [0.1, 0.15) is 55.2 Å². The van der Waals surface area contributed by atoms with Crippen molar-refractivity contribution in [3.63, 3.8) is 0 Å². The lowest BCUT2D eigenvalue weighted by Crippen LogP contribution is -2.45. The number of methoxy groups -OCH3 is 2. The van der Waals surface area contributed by atoms with Gasteiger partial charge in [-0.3, -0.25) is 0 Å². The van der Waals surface area contributed by atoms with Crippen LogP contribution in [0.25, 0.3) is 0 Å². The van der Waals surface area contributed by atoms with Gasteiger partial charge in [-0.2, -0.15) is 4.89 Å². The van der Waals surface area contributed by atoms with E-state index in [1.54, 1.807) is 14.2 Å². The van der Waals surface area contributed by atoms with Gasteiger partial charge in [0.1, 0.15) is 0 Å². The van der Waals surface area contributed by atoms with Gasteiger partial charge in [-0.05, 0) is 60.8 Å². The number of hydrogen-bond acceptors (Lipinski definition) is 6. The number of rotatable bonds is 5. The molecular formula is C22H31ClO6. The summed E-state index contributed by atoms with van der Waals surface area (Å²) >= 11 is 6.36. The smallest absolute Gasteiger partial charge is 0.215 e. The number of alkyl halides is 1.